The summed E-state index contributed by atoms with van der Waals surface area (Å²) in [6.45, 7) is 6.35. The summed E-state index contributed by atoms with van der Waals surface area (Å²) < 4.78 is 11.7. The first-order valence-corrected chi connectivity index (χ1v) is 10.3. The van der Waals surface area contributed by atoms with E-state index in [-0.39, 0.29) is 18.6 Å². The monoisotopic (exact) mass is 373 g/mol. The van der Waals surface area contributed by atoms with Crippen molar-refractivity contribution in [2.75, 3.05) is 45.9 Å². The van der Waals surface area contributed by atoms with E-state index in [1.165, 1.54) is 12.8 Å². The zero-order valence-electron chi connectivity index (χ0n) is 16.1. The van der Waals surface area contributed by atoms with E-state index in [4.69, 9.17) is 9.47 Å². The van der Waals surface area contributed by atoms with Crippen LogP contribution in [0.15, 0.2) is 24.3 Å². The predicted molar refractivity (Wildman–Crippen MR) is 104 cm³/mol. The van der Waals surface area contributed by atoms with Crippen molar-refractivity contribution in [2.45, 2.75) is 44.4 Å². The third-order valence-electron chi connectivity index (χ3n) is 5.70. The van der Waals surface area contributed by atoms with Crippen molar-refractivity contribution in [1.29, 1.82) is 0 Å². The molecular formula is C21H31N3O3. The van der Waals surface area contributed by atoms with E-state index in [9.17, 15) is 4.79 Å². The molecule has 4 rings (SSSR count). The fourth-order valence-electron chi connectivity index (χ4n) is 3.99. The van der Waals surface area contributed by atoms with Crippen molar-refractivity contribution < 1.29 is 14.3 Å². The van der Waals surface area contributed by atoms with Crippen molar-refractivity contribution in [1.82, 2.24) is 15.1 Å². The fraction of sp³-hybridized carbons (Fsp3) is 0.667. The number of carbonyl (C=O) groups excluding carboxylic acids is 1. The van der Waals surface area contributed by atoms with Gasteiger partial charge in [-0.3, -0.25) is 9.69 Å². The van der Waals surface area contributed by atoms with E-state index < -0.39 is 0 Å². The van der Waals surface area contributed by atoms with Gasteiger partial charge in [-0.15, -0.1) is 0 Å². The molecule has 2 saturated heterocycles. The Morgan fingerprint density at radius 1 is 1.19 bits per heavy atom. The first-order valence-electron chi connectivity index (χ1n) is 10.3. The van der Waals surface area contributed by atoms with Crippen LogP contribution >= 0.6 is 0 Å². The lowest BCUT2D eigenvalue weighted by atomic mass is 10.2. The molecule has 148 valence electrons. The van der Waals surface area contributed by atoms with Gasteiger partial charge in [0.2, 0.25) is 0 Å². The van der Waals surface area contributed by atoms with Gasteiger partial charge in [0.05, 0.1) is 12.7 Å². The molecule has 2 heterocycles. The molecule has 1 amide bonds. The second-order valence-corrected chi connectivity index (χ2v) is 7.83. The number of para-hydroxylation sites is 1. The third-order valence-corrected chi connectivity index (χ3v) is 5.70. The summed E-state index contributed by atoms with van der Waals surface area (Å²) in [5.41, 5.74) is 1.08. The van der Waals surface area contributed by atoms with Crippen LogP contribution in [0.25, 0.3) is 0 Å². The van der Waals surface area contributed by atoms with Gasteiger partial charge >= 0.3 is 0 Å². The van der Waals surface area contributed by atoms with E-state index >= 15 is 0 Å². The number of hydrogen-bond donors (Lipinski definition) is 1. The molecule has 1 N–H and O–H groups in total. The van der Waals surface area contributed by atoms with Gasteiger partial charge in [0, 0.05) is 50.9 Å². The van der Waals surface area contributed by atoms with Crippen molar-refractivity contribution in [3.05, 3.63) is 29.8 Å². The standard InChI is InChI=1S/C21H31N3O3/c25-21(23-9-3-4-10-23)16-27-20-6-2-1-5-17(20)13-22-14-19-15-24(11-12-26-19)18-7-8-18/h1-2,5-6,18-19,22H,3-4,7-16H2. The number of likely N-dealkylation sites (tertiary alicyclic amines) is 1. The van der Waals surface area contributed by atoms with Crippen LogP contribution in [-0.4, -0.2) is 73.8 Å². The Balaban J connectivity index is 1.23. The number of carbonyl (C=O) groups is 1. The third kappa shape index (κ3) is 5.21. The average molecular weight is 373 g/mol. The normalized spacial score (nSPS) is 23.6. The summed E-state index contributed by atoms with van der Waals surface area (Å²) >= 11 is 0. The average Bonchev–Trinajstić information content (AvgIpc) is 3.41. The molecule has 0 bridgehead atoms. The van der Waals surface area contributed by atoms with E-state index in [2.05, 4.69) is 16.3 Å². The second-order valence-electron chi connectivity index (χ2n) is 7.83. The minimum Gasteiger partial charge on any atom is -0.483 e. The van der Waals surface area contributed by atoms with Gasteiger partial charge in [-0.25, -0.2) is 0 Å². The fourth-order valence-corrected chi connectivity index (χ4v) is 3.99. The number of benzene rings is 1. The number of rotatable bonds is 8. The van der Waals surface area contributed by atoms with Crippen molar-refractivity contribution >= 4 is 5.91 Å². The van der Waals surface area contributed by atoms with Crippen LogP contribution in [0, 0.1) is 0 Å². The van der Waals surface area contributed by atoms with Crippen LogP contribution < -0.4 is 10.1 Å². The van der Waals surface area contributed by atoms with Crippen LogP contribution in [0.2, 0.25) is 0 Å². The molecule has 3 aliphatic rings. The molecule has 0 radical (unpaired) electrons. The largest absolute Gasteiger partial charge is 0.483 e. The molecule has 27 heavy (non-hydrogen) atoms. The number of ether oxygens (including phenoxy) is 2. The summed E-state index contributed by atoms with van der Waals surface area (Å²) in [6.07, 6.45) is 5.16. The highest BCUT2D eigenvalue weighted by molar-refractivity contribution is 5.78. The summed E-state index contributed by atoms with van der Waals surface area (Å²) in [5.74, 6) is 0.882. The summed E-state index contributed by atoms with van der Waals surface area (Å²) in [5, 5.41) is 3.51. The first-order chi connectivity index (χ1) is 13.3. The van der Waals surface area contributed by atoms with E-state index in [1.54, 1.807) is 0 Å². The number of morpholine rings is 1. The molecule has 1 atom stereocenters. The predicted octanol–water partition coefficient (Wildman–Crippen LogP) is 1.64. The maximum Gasteiger partial charge on any atom is 0.260 e. The maximum atomic E-state index is 12.2. The van der Waals surface area contributed by atoms with E-state index in [0.717, 1.165) is 76.1 Å². The zero-order chi connectivity index (χ0) is 18.5. The topological polar surface area (TPSA) is 54.0 Å². The number of nitrogens with one attached hydrogen (secondary N) is 1. The SMILES string of the molecule is O=C(COc1ccccc1CNCC1CN(C2CC2)CCO1)N1CCCC1. The molecule has 0 spiro atoms. The second kappa shape index (κ2) is 9.04. The minimum absolute atomic E-state index is 0.0889. The van der Waals surface area contributed by atoms with Crippen LogP contribution in [-0.2, 0) is 16.1 Å². The van der Waals surface area contributed by atoms with Gasteiger partial charge in [0.25, 0.3) is 5.91 Å². The van der Waals surface area contributed by atoms with E-state index in [0.29, 0.717) is 0 Å². The highest BCUT2D eigenvalue weighted by Crippen LogP contribution is 2.28. The Kier molecular flexibility index (Phi) is 6.27. The molecule has 1 aliphatic carbocycles. The van der Waals surface area contributed by atoms with Gasteiger partial charge in [-0.2, -0.15) is 0 Å². The van der Waals surface area contributed by atoms with Crippen LogP contribution in [0.5, 0.6) is 5.75 Å². The first kappa shape index (κ1) is 18.7. The molecule has 1 aromatic rings. The molecule has 1 aromatic carbocycles. The van der Waals surface area contributed by atoms with Gasteiger partial charge < -0.3 is 19.7 Å². The highest BCUT2D eigenvalue weighted by atomic mass is 16.5. The maximum absolute atomic E-state index is 12.2. The van der Waals surface area contributed by atoms with Crippen molar-refractivity contribution in [2.24, 2.45) is 0 Å². The lowest BCUT2D eigenvalue weighted by Crippen LogP contribution is -2.47. The Hall–Kier alpha value is -1.63. The van der Waals surface area contributed by atoms with Gasteiger partial charge in [0.15, 0.2) is 6.61 Å². The molecule has 6 nitrogen and oxygen atoms in total. The number of hydrogen-bond acceptors (Lipinski definition) is 5. The lowest BCUT2D eigenvalue weighted by molar-refractivity contribution is -0.132. The molecular weight excluding hydrogens is 342 g/mol. The van der Waals surface area contributed by atoms with Gasteiger partial charge in [-0.05, 0) is 31.7 Å². The number of amides is 1. The summed E-state index contributed by atoms with van der Waals surface area (Å²) in [6, 6.07) is 8.77. The minimum atomic E-state index is 0.0889. The van der Waals surface area contributed by atoms with E-state index in [1.807, 2.05) is 23.1 Å². The number of nitrogens with zero attached hydrogens (tertiary/aromatic N) is 2. The van der Waals surface area contributed by atoms with Gasteiger partial charge in [-0.1, -0.05) is 18.2 Å². The molecule has 1 saturated carbocycles. The molecule has 0 aromatic heterocycles. The highest BCUT2D eigenvalue weighted by Gasteiger charge is 2.32. The molecule has 6 heteroatoms. The zero-order valence-corrected chi connectivity index (χ0v) is 16.1. The molecule has 2 aliphatic heterocycles. The Labute approximate surface area is 161 Å². The summed E-state index contributed by atoms with van der Waals surface area (Å²) in [4.78, 5) is 16.7. The summed E-state index contributed by atoms with van der Waals surface area (Å²) in [7, 11) is 0. The van der Waals surface area contributed by atoms with Gasteiger partial charge in [0.1, 0.15) is 5.75 Å². The van der Waals surface area contributed by atoms with Crippen molar-refractivity contribution in [3.63, 3.8) is 0 Å². The quantitative estimate of drug-likeness (QED) is 0.751. The Morgan fingerprint density at radius 2 is 2.00 bits per heavy atom. The van der Waals surface area contributed by atoms with Crippen molar-refractivity contribution in [3.8, 4) is 5.75 Å². The lowest BCUT2D eigenvalue weighted by Gasteiger charge is -2.33. The smallest absolute Gasteiger partial charge is 0.260 e. The van der Waals surface area contributed by atoms with Crippen LogP contribution in [0.4, 0.5) is 0 Å². The van der Waals surface area contributed by atoms with Crippen LogP contribution in [0.3, 0.4) is 0 Å². The Morgan fingerprint density at radius 3 is 2.81 bits per heavy atom. The molecule has 3 fully saturated rings. The Bertz CT molecular complexity index is 629. The van der Waals surface area contributed by atoms with Crippen LogP contribution in [0.1, 0.15) is 31.2 Å². The molecule has 1 unspecified atom stereocenters.